The fourth-order valence-corrected chi connectivity index (χ4v) is 4.00. The number of hydrogen-bond donors (Lipinski definition) is 1. The molecule has 0 amide bonds. The number of aromatic nitrogens is 1. The molecule has 2 fully saturated rings. The molecule has 1 atom stereocenters. The van der Waals surface area contributed by atoms with Gasteiger partial charge in [0.05, 0.1) is 12.5 Å². The Morgan fingerprint density at radius 1 is 1.29 bits per heavy atom. The summed E-state index contributed by atoms with van der Waals surface area (Å²) in [7, 11) is 1.79. The molecule has 3 heterocycles. The average molecular weight is 388 g/mol. The third-order valence-corrected chi connectivity index (χ3v) is 5.49. The molecule has 0 aliphatic carbocycles. The predicted molar refractivity (Wildman–Crippen MR) is 111 cm³/mol. The molecule has 0 saturated carbocycles. The largest absolute Gasteiger partial charge is 0.466 e. The second kappa shape index (κ2) is 10.3. The summed E-state index contributed by atoms with van der Waals surface area (Å²) >= 11 is 0. The van der Waals surface area contributed by atoms with E-state index in [2.05, 4.69) is 31.2 Å². The van der Waals surface area contributed by atoms with Crippen LogP contribution in [0.3, 0.4) is 0 Å². The molecule has 2 aliphatic rings. The Morgan fingerprint density at radius 2 is 2.11 bits per heavy atom. The van der Waals surface area contributed by atoms with Crippen molar-refractivity contribution in [2.24, 2.45) is 10.9 Å². The number of esters is 1. The number of guanidine groups is 1. The number of anilines is 1. The number of carbonyl (C=O) groups is 1. The Labute approximate surface area is 168 Å². The Kier molecular flexibility index (Phi) is 7.51. The highest BCUT2D eigenvalue weighted by Gasteiger charge is 2.28. The van der Waals surface area contributed by atoms with E-state index in [0.717, 1.165) is 44.3 Å². The lowest BCUT2D eigenvalue weighted by Crippen LogP contribution is -2.48. The summed E-state index contributed by atoms with van der Waals surface area (Å²) in [6.45, 7) is 6.73. The summed E-state index contributed by atoms with van der Waals surface area (Å²) in [4.78, 5) is 25.6. The number of nitrogens with zero attached hydrogens (tertiary/aromatic N) is 4. The Bertz CT molecular complexity index is 673. The first kappa shape index (κ1) is 20.4. The van der Waals surface area contributed by atoms with Crippen LogP contribution in [0.15, 0.2) is 23.3 Å². The first-order chi connectivity index (χ1) is 13.7. The lowest BCUT2D eigenvalue weighted by molar-refractivity contribution is -0.149. The number of ether oxygens (including phenoxy) is 1. The molecule has 0 radical (unpaired) electrons. The molecule has 28 heavy (non-hydrogen) atoms. The number of hydrogen-bond acceptors (Lipinski definition) is 5. The van der Waals surface area contributed by atoms with Crippen LogP contribution in [-0.4, -0.2) is 61.6 Å². The van der Waals surface area contributed by atoms with Gasteiger partial charge in [-0.2, -0.15) is 0 Å². The van der Waals surface area contributed by atoms with Gasteiger partial charge < -0.3 is 19.9 Å². The van der Waals surface area contributed by atoms with E-state index in [4.69, 9.17) is 4.74 Å². The fourth-order valence-electron chi connectivity index (χ4n) is 4.00. The van der Waals surface area contributed by atoms with Crippen LogP contribution in [0.4, 0.5) is 5.82 Å². The van der Waals surface area contributed by atoms with Crippen molar-refractivity contribution in [3.05, 3.63) is 23.9 Å². The van der Waals surface area contributed by atoms with Crippen LogP contribution in [0.1, 0.15) is 44.6 Å². The van der Waals surface area contributed by atoms with Crippen LogP contribution in [0, 0.1) is 5.92 Å². The molecule has 7 heteroatoms. The molecule has 7 nitrogen and oxygen atoms in total. The average Bonchev–Trinajstić information content (AvgIpc) is 2.75. The second-order valence-electron chi connectivity index (χ2n) is 7.51. The maximum absolute atomic E-state index is 12.1. The number of nitrogens with one attached hydrogen (secondary N) is 1. The minimum absolute atomic E-state index is 0.0705. The van der Waals surface area contributed by atoms with Crippen LogP contribution >= 0.6 is 0 Å². The molecule has 2 aliphatic heterocycles. The standard InChI is InChI=1S/C21H33N5O2/c1-3-28-20(27)18-8-7-13-26(16-18)21(22-2)24-15-17-9-10-23-19(14-17)25-11-5-4-6-12-25/h9-10,14,18H,3-8,11-13,15-16H2,1-2H3,(H,22,24). The van der Waals surface area contributed by atoms with Gasteiger partial charge in [0.1, 0.15) is 5.82 Å². The minimum atomic E-state index is -0.0945. The molecule has 0 spiro atoms. The highest BCUT2D eigenvalue weighted by molar-refractivity contribution is 5.81. The van der Waals surface area contributed by atoms with Gasteiger partial charge in [-0.05, 0) is 56.7 Å². The van der Waals surface area contributed by atoms with Crippen molar-refractivity contribution >= 4 is 17.7 Å². The molecule has 0 bridgehead atoms. The summed E-state index contributed by atoms with van der Waals surface area (Å²) in [5.74, 6) is 1.74. The van der Waals surface area contributed by atoms with Gasteiger partial charge in [0, 0.05) is 46.0 Å². The van der Waals surface area contributed by atoms with E-state index < -0.39 is 0 Å². The van der Waals surface area contributed by atoms with E-state index in [1.165, 1.54) is 24.8 Å². The molecule has 1 aromatic rings. The summed E-state index contributed by atoms with van der Waals surface area (Å²) in [5.41, 5.74) is 1.19. The third kappa shape index (κ3) is 5.36. The number of pyridine rings is 1. The molecule has 1 aromatic heterocycles. The topological polar surface area (TPSA) is 70.1 Å². The number of rotatable bonds is 5. The van der Waals surface area contributed by atoms with Gasteiger partial charge in [-0.15, -0.1) is 0 Å². The molecule has 3 rings (SSSR count). The number of likely N-dealkylation sites (tertiary alicyclic amines) is 1. The molecular formula is C21H33N5O2. The van der Waals surface area contributed by atoms with Crippen molar-refractivity contribution < 1.29 is 9.53 Å². The smallest absolute Gasteiger partial charge is 0.310 e. The van der Waals surface area contributed by atoms with Crippen molar-refractivity contribution in [3.8, 4) is 0 Å². The van der Waals surface area contributed by atoms with Gasteiger partial charge in [-0.1, -0.05) is 0 Å². The zero-order valence-corrected chi connectivity index (χ0v) is 17.2. The summed E-state index contributed by atoms with van der Waals surface area (Å²) in [5, 5.41) is 3.45. The normalized spacial score (nSPS) is 20.8. The summed E-state index contributed by atoms with van der Waals surface area (Å²) in [6, 6.07) is 4.22. The number of piperidine rings is 2. The van der Waals surface area contributed by atoms with E-state index >= 15 is 0 Å². The van der Waals surface area contributed by atoms with Gasteiger partial charge in [0.2, 0.25) is 0 Å². The van der Waals surface area contributed by atoms with Crippen LogP contribution in [0.25, 0.3) is 0 Å². The Morgan fingerprint density at radius 3 is 2.86 bits per heavy atom. The zero-order chi connectivity index (χ0) is 19.8. The molecule has 0 aromatic carbocycles. The highest BCUT2D eigenvalue weighted by atomic mass is 16.5. The number of carbonyl (C=O) groups excluding carboxylic acids is 1. The molecule has 154 valence electrons. The lowest BCUT2D eigenvalue weighted by Gasteiger charge is -2.34. The van der Waals surface area contributed by atoms with E-state index in [0.29, 0.717) is 19.7 Å². The Hall–Kier alpha value is -2.31. The SMILES string of the molecule is CCOC(=O)C1CCCN(C(=NC)NCc2ccnc(N3CCCCC3)c2)C1. The van der Waals surface area contributed by atoms with Gasteiger partial charge in [-0.3, -0.25) is 9.79 Å². The zero-order valence-electron chi connectivity index (χ0n) is 17.2. The third-order valence-electron chi connectivity index (χ3n) is 5.49. The van der Waals surface area contributed by atoms with Crippen LogP contribution in [0.2, 0.25) is 0 Å². The molecule has 1 unspecified atom stereocenters. The van der Waals surface area contributed by atoms with E-state index in [-0.39, 0.29) is 11.9 Å². The van der Waals surface area contributed by atoms with E-state index in [1.54, 1.807) is 7.05 Å². The minimum Gasteiger partial charge on any atom is -0.466 e. The first-order valence-electron chi connectivity index (χ1n) is 10.5. The van der Waals surface area contributed by atoms with Gasteiger partial charge in [0.15, 0.2) is 5.96 Å². The fraction of sp³-hybridized carbons (Fsp3) is 0.667. The van der Waals surface area contributed by atoms with Gasteiger partial charge in [0.25, 0.3) is 0 Å². The summed E-state index contributed by atoms with van der Waals surface area (Å²) in [6.07, 6.45) is 7.55. The second-order valence-corrected chi connectivity index (χ2v) is 7.51. The van der Waals surface area contributed by atoms with Crippen molar-refractivity contribution in [1.82, 2.24) is 15.2 Å². The maximum atomic E-state index is 12.1. The summed E-state index contributed by atoms with van der Waals surface area (Å²) < 4.78 is 5.21. The molecular weight excluding hydrogens is 354 g/mol. The quantitative estimate of drug-likeness (QED) is 0.475. The van der Waals surface area contributed by atoms with Gasteiger partial charge in [-0.25, -0.2) is 4.98 Å². The van der Waals surface area contributed by atoms with Crippen molar-refractivity contribution in [1.29, 1.82) is 0 Å². The molecule has 2 saturated heterocycles. The van der Waals surface area contributed by atoms with E-state index in [1.807, 2.05) is 19.2 Å². The lowest BCUT2D eigenvalue weighted by atomic mass is 9.98. The van der Waals surface area contributed by atoms with Gasteiger partial charge >= 0.3 is 5.97 Å². The van der Waals surface area contributed by atoms with E-state index in [9.17, 15) is 4.79 Å². The number of aliphatic imine (C=N–C) groups is 1. The van der Waals surface area contributed by atoms with Crippen LogP contribution in [-0.2, 0) is 16.1 Å². The van der Waals surface area contributed by atoms with Crippen molar-refractivity contribution in [3.63, 3.8) is 0 Å². The highest BCUT2D eigenvalue weighted by Crippen LogP contribution is 2.20. The Balaban J connectivity index is 1.57. The predicted octanol–water partition coefficient (Wildman–Crippen LogP) is 2.42. The first-order valence-corrected chi connectivity index (χ1v) is 10.5. The van der Waals surface area contributed by atoms with Crippen LogP contribution in [0.5, 0.6) is 0 Å². The van der Waals surface area contributed by atoms with Crippen molar-refractivity contribution in [2.75, 3.05) is 44.7 Å². The monoisotopic (exact) mass is 387 g/mol. The molecule has 1 N–H and O–H groups in total. The van der Waals surface area contributed by atoms with Crippen LogP contribution < -0.4 is 10.2 Å². The maximum Gasteiger partial charge on any atom is 0.310 e. The van der Waals surface area contributed by atoms with Crippen molar-refractivity contribution in [2.45, 2.75) is 45.6 Å².